The summed E-state index contributed by atoms with van der Waals surface area (Å²) < 4.78 is 18.8. The van der Waals surface area contributed by atoms with Crippen molar-refractivity contribution in [2.24, 2.45) is 0 Å². The van der Waals surface area contributed by atoms with Crippen molar-refractivity contribution in [2.75, 3.05) is 18.5 Å². The van der Waals surface area contributed by atoms with Gasteiger partial charge in [0.2, 0.25) is 5.88 Å². The number of hydrogen-bond acceptors (Lipinski definition) is 7. The molecule has 1 N–H and O–H groups in total. The minimum absolute atomic E-state index is 0.0306. The number of esters is 1. The predicted octanol–water partition coefficient (Wildman–Crippen LogP) is 5.00. The number of rotatable bonds is 6. The summed E-state index contributed by atoms with van der Waals surface area (Å²) in [4.78, 5) is 30.9. The molecule has 192 valence electrons. The van der Waals surface area contributed by atoms with Crippen molar-refractivity contribution in [1.82, 2.24) is 9.38 Å². The van der Waals surface area contributed by atoms with Gasteiger partial charge in [-0.3, -0.25) is 9.20 Å². The molecule has 3 heterocycles. The molecule has 1 aliphatic heterocycles. The lowest BCUT2D eigenvalue weighted by molar-refractivity contribution is 0.00704. The van der Waals surface area contributed by atoms with Gasteiger partial charge in [-0.15, -0.1) is 0 Å². The minimum atomic E-state index is -0.605. The Kier molecular flexibility index (Phi) is 7.36. The molecule has 4 rings (SSSR count). The molecule has 2 aromatic heterocycles. The lowest BCUT2D eigenvalue weighted by Gasteiger charge is -2.24. The summed E-state index contributed by atoms with van der Waals surface area (Å²) in [5, 5.41) is 3.43. The molecule has 0 bridgehead atoms. The number of hydrogen-bond donors (Lipinski definition) is 1. The number of nitrogens with zero attached hydrogens (tertiary/aromatic N) is 2. The number of fused-ring (bicyclic) bond motifs is 1. The number of aryl methyl sites for hydroxylation is 1. The van der Waals surface area contributed by atoms with Gasteiger partial charge in [-0.1, -0.05) is 12.1 Å². The van der Waals surface area contributed by atoms with Gasteiger partial charge in [0.15, 0.2) is 0 Å². The van der Waals surface area contributed by atoms with Gasteiger partial charge in [-0.25, -0.2) is 4.79 Å². The fourth-order valence-corrected chi connectivity index (χ4v) is 4.29. The smallest absolute Gasteiger partial charge is 0.340 e. The van der Waals surface area contributed by atoms with Crippen molar-refractivity contribution in [1.29, 1.82) is 0 Å². The second-order valence-corrected chi connectivity index (χ2v) is 10.4. The normalized spacial score (nSPS) is 15.5. The van der Waals surface area contributed by atoms with Crippen LogP contribution in [0.3, 0.4) is 0 Å². The molecule has 1 saturated heterocycles. The molecular formula is C28H35N3O5. The maximum Gasteiger partial charge on any atom is 0.340 e. The van der Waals surface area contributed by atoms with Crippen molar-refractivity contribution in [3.05, 3.63) is 69.1 Å². The SMILES string of the molecule is Cc1cc(C(C)Nc2ccccc2C(=O)OC(C)(C)C)c2nc(OC3CCOCC3)c(C)c(=O)n2c1. The van der Waals surface area contributed by atoms with E-state index in [1.165, 1.54) is 0 Å². The van der Waals surface area contributed by atoms with E-state index in [1.54, 1.807) is 29.7 Å². The molecule has 0 spiro atoms. The summed E-state index contributed by atoms with van der Waals surface area (Å²) in [5.41, 5.74) is 3.07. The van der Waals surface area contributed by atoms with Crippen LogP contribution in [-0.2, 0) is 9.47 Å². The highest BCUT2D eigenvalue weighted by molar-refractivity contribution is 5.96. The molecule has 0 aliphatic carbocycles. The Morgan fingerprint density at radius 2 is 1.89 bits per heavy atom. The quantitative estimate of drug-likeness (QED) is 0.483. The number of nitrogens with one attached hydrogen (secondary N) is 1. The minimum Gasteiger partial charge on any atom is -0.474 e. The number of benzene rings is 1. The van der Waals surface area contributed by atoms with Gasteiger partial charge in [-0.05, 0) is 65.3 Å². The molecule has 1 fully saturated rings. The molecular weight excluding hydrogens is 458 g/mol. The first-order valence-electron chi connectivity index (χ1n) is 12.4. The van der Waals surface area contributed by atoms with Crippen LogP contribution in [0, 0.1) is 13.8 Å². The Morgan fingerprint density at radius 1 is 1.19 bits per heavy atom. The molecule has 8 nitrogen and oxygen atoms in total. The second kappa shape index (κ2) is 10.3. The Morgan fingerprint density at radius 3 is 2.58 bits per heavy atom. The van der Waals surface area contributed by atoms with Gasteiger partial charge in [-0.2, -0.15) is 4.98 Å². The van der Waals surface area contributed by atoms with Crippen LogP contribution < -0.4 is 15.6 Å². The van der Waals surface area contributed by atoms with Gasteiger partial charge in [0.25, 0.3) is 5.56 Å². The zero-order valence-corrected chi connectivity index (χ0v) is 21.9. The Bertz CT molecular complexity index is 1320. The summed E-state index contributed by atoms with van der Waals surface area (Å²) in [6, 6.07) is 8.99. The Hall–Kier alpha value is -3.39. The second-order valence-electron chi connectivity index (χ2n) is 10.4. The summed E-state index contributed by atoms with van der Waals surface area (Å²) in [5.74, 6) is -0.0395. The fraction of sp³-hybridized carbons (Fsp3) is 0.464. The summed E-state index contributed by atoms with van der Waals surface area (Å²) >= 11 is 0. The lowest BCUT2D eigenvalue weighted by Crippen LogP contribution is -2.29. The highest BCUT2D eigenvalue weighted by Crippen LogP contribution is 2.28. The number of para-hydroxylation sites is 1. The third-order valence-electron chi connectivity index (χ3n) is 6.10. The van der Waals surface area contributed by atoms with E-state index in [2.05, 4.69) is 5.32 Å². The summed E-state index contributed by atoms with van der Waals surface area (Å²) in [7, 11) is 0. The maximum absolute atomic E-state index is 13.3. The molecule has 1 aromatic carbocycles. The van der Waals surface area contributed by atoms with E-state index >= 15 is 0 Å². The van der Waals surface area contributed by atoms with Crippen LogP contribution in [0.4, 0.5) is 5.69 Å². The number of carbonyl (C=O) groups is 1. The van der Waals surface area contributed by atoms with E-state index in [-0.39, 0.29) is 17.7 Å². The van der Waals surface area contributed by atoms with E-state index < -0.39 is 11.6 Å². The van der Waals surface area contributed by atoms with Crippen LogP contribution >= 0.6 is 0 Å². The van der Waals surface area contributed by atoms with Gasteiger partial charge >= 0.3 is 5.97 Å². The van der Waals surface area contributed by atoms with E-state index in [9.17, 15) is 9.59 Å². The van der Waals surface area contributed by atoms with Crippen LogP contribution in [0.2, 0.25) is 0 Å². The van der Waals surface area contributed by atoms with Gasteiger partial charge in [0.1, 0.15) is 17.4 Å². The highest BCUT2D eigenvalue weighted by atomic mass is 16.6. The molecule has 1 aliphatic rings. The standard InChI is InChI=1S/C28H35N3O5/c1-17-15-22(19(3)29-23-10-8-7-9-21(23)27(33)36-28(4,5)6)24-30-25(18(2)26(32)31(24)16-17)35-20-11-13-34-14-12-20/h7-10,15-16,19-20,29H,11-14H2,1-6H3. The van der Waals surface area contributed by atoms with Crippen LogP contribution in [0.1, 0.15) is 73.6 Å². The average molecular weight is 494 g/mol. The number of pyridine rings is 1. The van der Waals surface area contributed by atoms with Gasteiger partial charge in [0, 0.05) is 30.3 Å². The van der Waals surface area contributed by atoms with Gasteiger partial charge in [0.05, 0.1) is 30.4 Å². The monoisotopic (exact) mass is 493 g/mol. The van der Waals surface area contributed by atoms with Crippen molar-refractivity contribution in [3.8, 4) is 5.88 Å². The fourth-order valence-electron chi connectivity index (χ4n) is 4.29. The predicted molar refractivity (Wildman–Crippen MR) is 139 cm³/mol. The van der Waals surface area contributed by atoms with Crippen molar-refractivity contribution < 1.29 is 19.0 Å². The van der Waals surface area contributed by atoms with Crippen LogP contribution in [0.25, 0.3) is 5.65 Å². The third-order valence-corrected chi connectivity index (χ3v) is 6.10. The molecule has 3 aromatic rings. The lowest BCUT2D eigenvalue weighted by atomic mass is 10.1. The van der Waals surface area contributed by atoms with Crippen LogP contribution in [0.5, 0.6) is 5.88 Å². The average Bonchev–Trinajstić information content (AvgIpc) is 2.82. The first-order chi connectivity index (χ1) is 17.0. The third kappa shape index (κ3) is 5.70. The van der Waals surface area contributed by atoms with E-state index in [4.69, 9.17) is 19.2 Å². The summed E-state index contributed by atoms with van der Waals surface area (Å²) in [6.45, 7) is 12.5. The topological polar surface area (TPSA) is 91.2 Å². The Labute approximate surface area is 211 Å². The zero-order valence-electron chi connectivity index (χ0n) is 21.9. The van der Waals surface area contributed by atoms with Crippen molar-refractivity contribution in [2.45, 2.75) is 72.1 Å². The van der Waals surface area contributed by atoms with Crippen molar-refractivity contribution >= 4 is 17.3 Å². The van der Waals surface area contributed by atoms with Crippen LogP contribution in [-0.4, -0.2) is 40.3 Å². The molecule has 1 atom stereocenters. The van der Waals surface area contributed by atoms with Crippen LogP contribution in [0.15, 0.2) is 41.3 Å². The zero-order chi connectivity index (χ0) is 26.0. The number of ether oxygens (including phenoxy) is 3. The maximum atomic E-state index is 13.3. The number of anilines is 1. The van der Waals surface area contributed by atoms with Gasteiger partial charge < -0.3 is 19.5 Å². The largest absolute Gasteiger partial charge is 0.474 e. The van der Waals surface area contributed by atoms with E-state index in [1.807, 2.05) is 52.8 Å². The highest BCUT2D eigenvalue weighted by Gasteiger charge is 2.23. The van der Waals surface area contributed by atoms with Crippen molar-refractivity contribution in [3.63, 3.8) is 0 Å². The van der Waals surface area contributed by atoms with E-state index in [0.717, 1.165) is 24.0 Å². The first kappa shape index (κ1) is 25.7. The van der Waals surface area contributed by atoms with E-state index in [0.29, 0.717) is 41.6 Å². The molecule has 1 unspecified atom stereocenters. The first-order valence-corrected chi connectivity index (χ1v) is 12.4. The molecule has 0 saturated carbocycles. The Balaban J connectivity index is 1.72. The number of carbonyl (C=O) groups excluding carboxylic acids is 1. The number of aromatic nitrogens is 2. The molecule has 36 heavy (non-hydrogen) atoms. The molecule has 8 heteroatoms. The molecule has 0 amide bonds. The summed E-state index contributed by atoms with van der Waals surface area (Å²) in [6.07, 6.45) is 3.29. The molecule has 0 radical (unpaired) electrons.